The van der Waals surface area contributed by atoms with Crippen LogP contribution in [0.3, 0.4) is 0 Å². The third-order valence-electron chi connectivity index (χ3n) is 3.31. The van der Waals surface area contributed by atoms with Crippen LogP contribution >= 0.6 is 0 Å². The third-order valence-corrected chi connectivity index (χ3v) is 3.31. The quantitative estimate of drug-likeness (QED) is 0.728. The van der Waals surface area contributed by atoms with Gasteiger partial charge in [0.1, 0.15) is 0 Å². The van der Waals surface area contributed by atoms with Gasteiger partial charge in [0.2, 0.25) is 0 Å². The molecule has 0 heterocycles. The molecule has 4 nitrogen and oxygen atoms in total. The van der Waals surface area contributed by atoms with Gasteiger partial charge in [-0.15, -0.1) is 0 Å². The van der Waals surface area contributed by atoms with Crippen LogP contribution < -0.4 is 16.0 Å². The Balaban J connectivity index is 2.07. The van der Waals surface area contributed by atoms with Gasteiger partial charge in [0, 0.05) is 23.6 Å². The number of nitrogens with one attached hydrogen (secondary N) is 3. The Morgan fingerprint density at radius 3 is 2.33 bits per heavy atom. The molecule has 0 saturated carbocycles. The largest absolute Gasteiger partial charge is 0.416 e. The lowest BCUT2D eigenvalue weighted by Gasteiger charge is -2.13. The highest BCUT2D eigenvalue weighted by molar-refractivity contribution is 6.00. The van der Waals surface area contributed by atoms with E-state index < -0.39 is 17.8 Å². The summed E-state index contributed by atoms with van der Waals surface area (Å²) in [6.45, 7) is 4.63. The van der Waals surface area contributed by atoms with Gasteiger partial charge in [0.15, 0.2) is 0 Å². The first-order valence-corrected chi connectivity index (χ1v) is 7.39. The van der Waals surface area contributed by atoms with Gasteiger partial charge in [-0.1, -0.05) is 12.1 Å². The van der Waals surface area contributed by atoms with Crippen molar-refractivity contribution in [3.63, 3.8) is 0 Å². The SMILES string of the molecule is CCNc1cc(NC(=O)Nc2cccc(C(F)(F)F)c2)ccc1C. The van der Waals surface area contributed by atoms with Crippen molar-refractivity contribution < 1.29 is 18.0 Å². The standard InChI is InChI=1S/C17H18F3N3O/c1-3-21-15-10-14(8-7-11(15)2)23-16(24)22-13-6-4-5-12(9-13)17(18,19)20/h4-10,21H,3H2,1-2H3,(H2,22,23,24). The molecule has 0 aliphatic heterocycles. The highest BCUT2D eigenvalue weighted by Crippen LogP contribution is 2.30. The smallest absolute Gasteiger partial charge is 0.385 e. The summed E-state index contributed by atoms with van der Waals surface area (Å²) in [4.78, 5) is 12.0. The number of urea groups is 1. The molecule has 0 aliphatic rings. The molecule has 7 heteroatoms. The van der Waals surface area contributed by atoms with Gasteiger partial charge < -0.3 is 16.0 Å². The lowest BCUT2D eigenvalue weighted by Crippen LogP contribution is -2.20. The van der Waals surface area contributed by atoms with Gasteiger partial charge in [-0.3, -0.25) is 0 Å². The van der Waals surface area contributed by atoms with E-state index in [1.165, 1.54) is 12.1 Å². The average molecular weight is 337 g/mol. The second-order valence-electron chi connectivity index (χ2n) is 5.22. The van der Waals surface area contributed by atoms with E-state index in [2.05, 4.69) is 16.0 Å². The van der Waals surface area contributed by atoms with Crippen LogP contribution in [0.5, 0.6) is 0 Å². The fourth-order valence-electron chi connectivity index (χ4n) is 2.15. The number of carbonyl (C=O) groups is 1. The van der Waals surface area contributed by atoms with Crippen molar-refractivity contribution in [1.82, 2.24) is 0 Å². The van der Waals surface area contributed by atoms with Crippen LogP contribution in [0.15, 0.2) is 42.5 Å². The molecule has 0 bridgehead atoms. The summed E-state index contributed by atoms with van der Waals surface area (Å²) < 4.78 is 38.0. The summed E-state index contributed by atoms with van der Waals surface area (Å²) in [5, 5.41) is 8.17. The molecule has 0 radical (unpaired) electrons. The Morgan fingerprint density at radius 1 is 1.04 bits per heavy atom. The van der Waals surface area contributed by atoms with Crippen molar-refractivity contribution in [2.24, 2.45) is 0 Å². The summed E-state index contributed by atoms with van der Waals surface area (Å²) in [7, 11) is 0. The van der Waals surface area contributed by atoms with Crippen LogP contribution in [-0.2, 0) is 6.18 Å². The van der Waals surface area contributed by atoms with Crippen molar-refractivity contribution in [2.75, 3.05) is 22.5 Å². The maximum Gasteiger partial charge on any atom is 0.416 e. The Hall–Kier alpha value is -2.70. The number of carbonyl (C=O) groups excluding carboxylic acids is 1. The van der Waals surface area contributed by atoms with Crippen molar-refractivity contribution in [2.45, 2.75) is 20.0 Å². The normalized spacial score (nSPS) is 11.0. The van der Waals surface area contributed by atoms with Crippen LogP contribution in [0, 0.1) is 6.92 Å². The number of hydrogen-bond donors (Lipinski definition) is 3. The van der Waals surface area contributed by atoms with E-state index in [0.717, 1.165) is 29.9 Å². The van der Waals surface area contributed by atoms with E-state index in [9.17, 15) is 18.0 Å². The summed E-state index contributed by atoms with van der Waals surface area (Å²) in [5.41, 5.74) is 1.71. The highest BCUT2D eigenvalue weighted by Gasteiger charge is 2.30. The summed E-state index contributed by atoms with van der Waals surface area (Å²) in [6, 6.07) is 9.21. The van der Waals surface area contributed by atoms with Gasteiger partial charge in [-0.2, -0.15) is 13.2 Å². The molecule has 0 aromatic heterocycles. The molecular weight excluding hydrogens is 319 g/mol. The second kappa shape index (κ2) is 7.25. The van der Waals surface area contributed by atoms with Crippen LogP contribution in [0.1, 0.15) is 18.1 Å². The van der Waals surface area contributed by atoms with Crippen molar-refractivity contribution in [1.29, 1.82) is 0 Å². The Morgan fingerprint density at radius 2 is 1.71 bits per heavy atom. The van der Waals surface area contributed by atoms with Crippen LogP contribution in [0.4, 0.5) is 35.0 Å². The van der Waals surface area contributed by atoms with Gasteiger partial charge in [0.25, 0.3) is 0 Å². The number of rotatable bonds is 4. The first-order valence-electron chi connectivity index (χ1n) is 7.39. The van der Waals surface area contributed by atoms with Crippen molar-refractivity contribution in [3.05, 3.63) is 53.6 Å². The monoisotopic (exact) mass is 337 g/mol. The number of halogens is 3. The van der Waals surface area contributed by atoms with Gasteiger partial charge in [0.05, 0.1) is 5.56 Å². The van der Waals surface area contributed by atoms with Crippen LogP contribution in [0.25, 0.3) is 0 Å². The molecule has 0 fully saturated rings. The minimum absolute atomic E-state index is 0.0707. The molecule has 0 atom stereocenters. The Kier molecular flexibility index (Phi) is 5.33. The maximum absolute atomic E-state index is 12.7. The molecule has 2 amide bonds. The summed E-state index contributed by atoms with van der Waals surface area (Å²) in [5.74, 6) is 0. The van der Waals surface area contributed by atoms with Gasteiger partial charge in [-0.25, -0.2) is 4.79 Å². The summed E-state index contributed by atoms with van der Waals surface area (Å²) >= 11 is 0. The van der Waals surface area contributed by atoms with Crippen molar-refractivity contribution in [3.8, 4) is 0 Å². The number of benzene rings is 2. The van der Waals surface area contributed by atoms with E-state index in [4.69, 9.17) is 0 Å². The lowest BCUT2D eigenvalue weighted by molar-refractivity contribution is -0.137. The number of hydrogen-bond acceptors (Lipinski definition) is 2. The lowest BCUT2D eigenvalue weighted by atomic mass is 10.2. The molecule has 2 rings (SSSR count). The summed E-state index contributed by atoms with van der Waals surface area (Å²) in [6.07, 6.45) is -4.45. The minimum atomic E-state index is -4.45. The number of anilines is 3. The number of aryl methyl sites for hydroxylation is 1. The fourth-order valence-corrected chi connectivity index (χ4v) is 2.15. The zero-order chi connectivity index (χ0) is 17.7. The first kappa shape index (κ1) is 17.7. The molecule has 128 valence electrons. The number of alkyl halides is 3. The molecule has 2 aromatic rings. The molecule has 2 aromatic carbocycles. The zero-order valence-corrected chi connectivity index (χ0v) is 13.3. The van der Waals surface area contributed by atoms with Crippen LogP contribution in [0.2, 0.25) is 0 Å². The van der Waals surface area contributed by atoms with Crippen LogP contribution in [-0.4, -0.2) is 12.6 Å². The molecule has 24 heavy (non-hydrogen) atoms. The molecule has 3 N–H and O–H groups in total. The zero-order valence-electron chi connectivity index (χ0n) is 13.3. The molecular formula is C17H18F3N3O. The van der Waals surface area contributed by atoms with E-state index in [1.807, 2.05) is 19.9 Å². The third kappa shape index (κ3) is 4.65. The molecule has 0 unspecified atom stereocenters. The predicted octanol–water partition coefficient (Wildman–Crippen LogP) is 5.09. The fraction of sp³-hybridized carbons (Fsp3) is 0.235. The maximum atomic E-state index is 12.7. The number of amides is 2. The second-order valence-corrected chi connectivity index (χ2v) is 5.22. The Labute approximate surface area is 138 Å². The highest BCUT2D eigenvalue weighted by atomic mass is 19.4. The van der Waals surface area contributed by atoms with Crippen molar-refractivity contribution >= 4 is 23.1 Å². The molecule has 0 spiro atoms. The molecule has 0 aliphatic carbocycles. The topological polar surface area (TPSA) is 53.2 Å². The van der Waals surface area contributed by atoms with E-state index >= 15 is 0 Å². The molecule has 0 saturated heterocycles. The van der Waals surface area contributed by atoms with E-state index in [1.54, 1.807) is 12.1 Å². The van der Waals surface area contributed by atoms with E-state index in [0.29, 0.717) is 5.69 Å². The predicted molar refractivity (Wildman–Crippen MR) is 89.4 cm³/mol. The first-order chi connectivity index (χ1) is 11.3. The Bertz CT molecular complexity index is 729. The van der Waals surface area contributed by atoms with E-state index in [-0.39, 0.29) is 5.69 Å². The minimum Gasteiger partial charge on any atom is -0.385 e. The van der Waals surface area contributed by atoms with Gasteiger partial charge >= 0.3 is 12.2 Å². The average Bonchev–Trinajstić information content (AvgIpc) is 2.50. The van der Waals surface area contributed by atoms with Gasteiger partial charge in [-0.05, 0) is 49.7 Å².